The van der Waals surface area contributed by atoms with Gasteiger partial charge in [0.2, 0.25) is 0 Å². The molecule has 0 aliphatic carbocycles. The number of likely N-dealkylation sites (N-methyl/N-ethyl adjacent to an activating group) is 1. The first-order chi connectivity index (χ1) is 5.56. The number of hydrogen-bond acceptors (Lipinski definition) is 2. The predicted molar refractivity (Wildman–Crippen MR) is 53.4 cm³/mol. The van der Waals surface area contributed by atoms with Crippen LogP contribution in [0.5, 0.6) is 0 Å². The van der Waals surface area contributed by atoms with Gasteiger partial charge >= 0.3 is 0 Å². The smallest absolute Gasteiger partial charge is 0.0246 e. The highest BCUT2D eigenvalue weighted by Crippen LogP contribution is 2.29. The fourth-order valence-electron chi connectivity index (χ4n) is 1.77. The van der Waals surface area contributed by atoms with E-state index in [1.165, 1.54) is 19.5 Å². The Kier molecular flexibility index (Phi) is 3.13. The standard InChI is InChI=1S/C10H22N2/c1-5-12(4)8-9-10(2,3)6-7-11-9/h9,11H,5-8H2,1-4H3. The van der Waals surface area contributed by atoms with Crippen molar-refractivity contribution in [3.8, 4) is 0 Å². The summed E-state index contributed by atoms with van der Waals surface area (Å²) < 4.78 is 0. The van der Waals surface area contributed by atoms with E-state index in [4.69, 9.17) is 0 Å². The number of hydrogen-bond donors (Lipinski definition) is 1. The highest BCUT2D eigenvalue weighted by Gasteiger charge is 2.34. The zero-order valence-electron chi connectivity index (χ0n) is 8.85. The molecule has 12 heavy (non-hydrogen) atoms. The third kappa shape index (κ3) is 2.20. The van der Waals surface area contributed by atoms with Crippen molar-refractivity contribution >= 4 is 0 Å². The second kappa shape index (κ2) is 3.75. The third-order valence-corrected chi connectivity index (χ3v) is 3.14. The predicted octanol–water partition coefficient (Wildman–Crippen LogP) is 1.33. The zero-order valence-corrected chi connectivity index (χ0v) is 8.85. The lowest BCUT2D eigenvalue weighted by Gasteiger charge is -2.30. The van der Waals surface area contributed by atoms with Crippen molar-refractivity contribution in [1.29, 1.82) is 0 Å². The summed E-state index contributed by atoms with van der Waals surface area (Å²) in [6.07, 6.45) is 1.31. The number of nitrogens with zero attached hydrogens (tertiary/aromatic N) is 1. The lowest BCUT2D eigenvalue weighted by Crippen LogP contribution is -2.42. The van der Waals surface area contributed by atoms with Crippen molar-refractivity contribution in [1.82, 2.24) is 10.2 Å². The summed E-state index contributed by atoms with van der Waals surface area (Å²) >= 11 is 0. The largest absolute Gasteiger partial charge is 0.312 e. The summed E-state index contributed by atoms with van der Waals surface area (Å²) in [6.45, 7) is 10.5. The average molecular weight is 170 g/mol. The van der Waals surface area contributed by atoms with Crippen LogP contribution in [0.1, 0.15) is 27.2 Å². The zero-order chi connectivity index (χ0) is 9.19. The molecule has 72 valence electrons. The maximum Gasteiger partial charge on any atom is 0.0246 e. The molecule has 0 bridgehead atoms. The summed E-state index contributed by atoms with van der Waals surface area (Å²) in [5, 5.41) is 3.57. The summed E-state index contributed by atoms with van der Waals surface area (Å²) in [6, 6.07) is 0.683. The van der Waals surface area contributed by atoms with Gasteiger partial charge in [-0.15, -0.1) is 0 Å². The Morgan fingerprint density at radius 3 is 2.58 bits per heavy atom. The van der Waals surface area contributed by atoms with Crippen molar-refractivity contribution in [2.45, 2.75) is 33.2 Å². The van der Waals surface area contributed by atoms with Crippen molar-refractivity contribution in [2.75, 3.05) is 26.7 Å². The average Bonchev–Trinajstić information content (AvgIpc) is 2.31. The number of rotatable bonds is 3. The molecule has 1 N–H and O–H groups in total. The second-order valence-electron chi connectivity index (χ2n) is 4.60. The first kappa shape index (κ1) is 10.0. The van der Waals surface area contributed by atoms with Gasteiger partial charge in [-0.1, -0.05) is 20.8 Å². The first-order valence-electron chi connectivity index (χ1n) is 4.98. The van der Waals surface area contributed by atoms with E-state index in [0.29, 0.717) is 11.5 Å². The van der Waals surface area contributed by atoms with Crippen LogP contribution in [0.15, 0.2) is 0 Å². The van der Waals surface area contributed by atoms with Crippen LogP contribution in [0.3, 0.4) is 0 Å². The second-order valence-corrected chi connectivity index (χ2v) is 4.60. The molecule has 0 aromatic heterocycles. The van der Waals surface area contributed by atoms with Crippen molar-refractivity contribution in [3.05, 3.63) is 0 Å². The quantitative estimate of drug-likeness (QED) is 0.687. The normalized spacial score (nSPS) is 28.2. The minimum Gasteiger partial charge on any atom is -0.312 e. The van der Waals surface area contributed by atoms with E-state index < -0.39 is 0 Å². The molecule has 1 fully saturated rings. The summed E-state index contributed by atoms with van der Waals surface area (Å²) in [5.74, 6) is 0. The van der Waals surface area contributed by atoms with Crippen LogP contribution in [0.25, 0.3) is 0 Å². The third-order valence-electron chi connectivity index (χ3n) is 3.14. The Morgan fingerprint density at radius 1 is 1.50 bits per heavy atom. The molecule has 0 radical (unpaired) electrons. The van der Waals surface area contributed by atoms with Crippen LogP contribution in [-0.2, 0) is 0 Å². The maximum absolute atomic E-state index is 3.57. The Morgan fingerprint density at radius 2 is 2.17 bits per heavy atom. The van der Waals surface area contributed by atoms with Gasteiger partial charge in [0.15, 0.2) is 0 Å². The molecule has 0 amide bonds. The van der Waals surface area contributed by atoms with E-state index in [0.717, 1.165) is 6.54 Å². The van der Waals surface area contributed by atoms with E-state index in [-0.39, 0.29) is 0 Å². The molecule has 1 aliphatic rings. The fourth-order valence-corrected chi connectivity index (χ4v) is 1.77. The number of nitrogens with one attached hydrogen (secondary N) is 1. The van der Waals surface area contributed by atoms with Gasteiger partial charge in [-0.25, -0.2) is 0 Å². The highest BCUT2D eigenvalue weighted by molar-refractivity contribution is 4.92. The lowest BCUT2D eigenvalue weighted by molar-refractivity contribution is 0.230. The van der Waals surface area contributed by atoms with Gasteiger partial charge in [-0.2, -0.15) is 0 Å². The fraction of sp³-hybridized carbons (Fsp3) is 1.00. The molecule has 0 saturated carbocycles. The van der Waals surface area contributed by atoms with Gasteiger partial charge in [0, 0.05) is 12.6 Å². The molecule has 0 aromatic carbocycles. The molecule has 0 aromatic rings. The van der Waals surface area contributed by atoms with Crippen LogP contribution in [0, 0.1) is 5.41 Å². The molecule has 1 atom stereocenters. The lowest BCUT2D eigenvalue weighted by atomic mass is 9.85. The molecule has 1 rings (SSSR count). The molecule has 1 heterocycles. The first-order valence-corrected chi connectivity index (χ1v) is 4.98. The molecule has 1 unspecified atom stereocenters. The van der Waals surface area contributed by atoms with Crippen molar-refractivity contribution in [3.63, 3.8) is 0 Å². The summed E-state index contributed by atoms with van der Waals surface area (Å²) in [7, 11) is 2.19. The van der Waals surface area contributed by atoms with Crippen molar-refractivity contribution in [2.24, 2.45) is 5.41 Å². The van der Waals surface area contributed by atoms with Crippen LogP contribution < -0.4 is 5.32 Å². The Balaban J connectivity index is 2.41. The molecule has 2 heteroatoms. The van der Waals surface area contributed by atoms with E-state index >= 15 is 0 Å². The topological polar surface area (TPSA) is 15.3 Å². The molecule has 1 saturated heterocycles. The van der Waals surface area contributed by atoms with Crippen LogP contribution in [0.2, 0.25) is 0 Å². The SMILES string of the molecule is CCN(C)CC1NCCC1(C)C. The summed E-state index contributed by atoms with van der Waals surface area (Å²) in [4.78, 5) is 2.38. The molecule has 0 spiro atoms. The molecular formula is C10H22N2. The molecular weight excluding hydrogens is 148 g/mol. The molecule has 2 nitrogen and oxygen atoms in total. The summed E-state index contributed by atoms with van der Waals surface area (Å²) in [5.41, 5.74) is 0.490. The van der Waals surface area contributed by atoms with Gasteiger partial charge < -0.3 is 10.2 Å². The molecule has 1 aliphatic heterocycles. The monoisotopic (exact) mass is 170 g/mol. The minimum atomic E-state index is 0.490. The maximum atomic E-state index is 3.57. The van der Waals surface area contributed by atoms with Crippen LogP contribution >= 0.6 is 0 Å². The van der Waals surface area contributed by atoms with Crippen LogP contribution in [-0.4, -0.2) is 37.6 Å². The van der Waals surface area contributed by atoms with E-state index in [1.807, 2.05) is 0 Å². The highest BCUT2D eigenvalue weighted by atomic mass is 15.1. The van der Waals surface area contributed by atoms with Gasteiger partial charge in [0.25, 0.3) is 0 Å². The van der Waals surface area contributed by atoms with Gasteiger partial charge in [0.1, 0.15) is 0 Å². The Hall–Kier alpha value is -0.0800. The Bertz CT molecular complexity index is 143. The van der Waals surface area contributed by atoms with Gasteiger partial charge in [-0.05, 0) is 32.0 Å². The van der Waals surface area contributed by atoms with Gasteiger partial charge in [0.05, 0.1) is 0 Å². The minimum absolute atomic E-state index is 0.490. The Labute approximate surface area is 76.3 Å². The van der Waals surface area contributed by atoms with Gasteiger partial charge in [-0.3, -0.25) is 0 Å². The van der Waals surface area contributed by atoms with E-state index in [2.05, 4.69) is 38.0 Å². The van der Waals surface area contributed by atoms with E-state index in [1.54, 1.807) is 0 Å². The van der Waals surface area contributed by atoms with Crippen molar-refractivity contribution < 1.29 is 0 Å². The van der Waals surface area contributed by atoms with Crippen LogP contribution in [0.4, 0.5) is 0 Å². The van der Waals surface area contributed by atoms with E-state index in [9.17, 15) is 0 Å².